The predicted octanol–water partition coefficient (Wildman–Crippen LogP) is 3.20. The molecule has 0 spiro atoms. The van der Waals surface area contributed by atoms with Crippen LogP contribution in [0.15, 0.2) is 42.7 Å². The fourth-order valence-electron chi connectivity index (χ4n) is 3.62. The van der Waals surface area contributed by atoms with Crippen molar-refractivity contribution in [2.45, 2.75) is 26.2 Å². The summed E-state index contributed by atoms with van der Waals surface area (Å²) >= 11 is 0. The van der Waals surface area contributed by atoms with Crippen LogP contribution in [0.4, 0.5) is 0 Å². The zero-order chi connectivity index (χ0) is 20.0. The second-order valence-electron chi connectivity index (χ2n) is 6.81. The third-order valence-corrected chi connectivity index (χ3v) is 5.01. The van der Waals surface area contributed by atoms with Crippen LogP contribution in [0.2, 0.25) is 0 Å². The van der Waals surface area contributed by atoms with Gasteiger partial charge in [-0.2, -0.15) is 0 Å². The van der Waals surface area contributed by atoms with Crippen molar-refractivity contribution in [1.82, 2.24) is 0 Å². The van der Waals surface area contributed by atoms with E-state index in [2.05, 4.69) is 6.58 Å². The molecule has 0 saturated heterocycles. The first-order chi connectivity index (χ1) is 12.9. The standard InChI is InChI=1S/C21H26O6/c1-4-5-15-10-16(20(27-12-22)11-18(15)23)13(2)8-14-6-7-19(26-3)17(9-14)21(24)25/h4,6-7,9,11,13,15-16,22H,1,5,8,10,12H2,2-3H3,(H,24,25). The van der Waals surface area contributed by atoms with Crippen LogP contribution in [-0.2, 0) is 16.0 Å². The van der Waals surface area contributed by atoms with Gasteiger partial charge in [0.2, 0.25) is 0 Å². The molecule has 0 heterocycles. The molecule has 1 aliphatic carbocycles. The summed E-state index contributed by atoms with van der Waals surface area (Å²) in [6.07, 6.45) is 5.02. The first kappa shape index (κ1) is 20.7. The van der Waals surface area contributed by atoms with E-state index in [0.717, 1.165) is 5.56 Å². The lowest BCUT2D eigenvalue weighted by molar-refractivity contribution is -0.120. The third kappa shape index (κ3) is 4.98. The van der Waals surface area contributed by atoms with Crippen molar-refractivity contribution in [3.8, 4) is 5.75 Å². The molecule has 1 aromatic carbocycles. The van der Waals surface area contributed by atoms with Crippen LogP contribution < -0.4 is 4.74 Å². The number of aromatic carboxylic acids is 1. The van der Waals surface area contributed by atoms with Crippen molar-refractivity contribution in [2.24, 2.45) is 17.8 Å². The summed E-state index contributed by atoms with van der Waals surface area (Å²) in [5.74, 6) is -0.362. The van der Waals surface area contributed by atoms with Gasteiger partial charge in [0.15, 0.2) is 12.6 Å². The number of hydrogen-bond acceptors (Lipinski definition) is 5. The minimum absolute atomic E-state index is 0.0144. The predicted molar refractivity (Wildman–Crippen MR) is 100 cm³/mol. The number of aliphatic hydroxyl groups is 1. The van der Waals surface area contributed by atoms with Crippen LogP contribution in [0.1, 0.15) is 35.7 Å². The van der Waals surface area contributed by atoms with Gasteiger partial charge in [-0.05, 0) is 42.9 Å². The highest BCUT2D eigenvalue weighted by atomic mass is 16.6. The zero-order valence-corrected chi connectivity index (χ0v) is 15.7. The summed E-state index contributed by atoms with van der Waals surface area (Å²) in [5.41, 5.74) is 0.981. The van der Waals surface area contributed by atoms with E-state index in [9.17, 15) is 14.7 Å². The van der Waals surface area contributed by atoms with Gasteiger partial charge in [0, 0.05) is 17.9 Å². The average Bonchev–Trinajstić information content (AvgIpc) is 2.64. The molecular weight excluding hydrogens is 348 g/mol. The van der Waals surface area contributed by atoms with Gasteiger partial charge in [0.25, 0.3) is 0 Å². The Morgan fingerprint density at radius 1 is 1.44 bits per heavy atom. The number of hydrogen-bond donors (Lipinski definition) is 2. The van der Waals surface area contributed by atoms with E-state index in [1.54, 1.807) is 18.2 Å². The number of carboxylic acid groups (broad SMARTS) is 1. The Morgan fingerprint density at radius 3 is 2.78 bits per heavy atom. The second kappa shape index (κ2) is 9.37. The lowest BCUT2D eigenvalue weighted by Crippen LogP contribution is -2.29. The molecular formula is C21H26O6. The van der Waals surface area contributed by atoms with Gasteiger partial charge in [-0.1, -0.05) is 19.1 Å². The van der Waals surface area contributed by atoms with E-state index in [1.165, 1.54) is 13.2 Å². The van der Waals surface area contributed by atoms with E-state index >= 15 is 0 Å². The summed E-state index contributed by atoms with van der Waals surface area (Å²) in [6.45, 7) is 5.26. The molecule has 0 bridgehead atoms. The number of carbonyl (C=O) groups is 2. The van der Waals surface area contributed by atoms with Gasteiger partial charge in [-0.25, -0.2) is 4.79 Å². The largest absolute Gasteiger partial charge is 0.496 e. The van der Waals surface area contributed by atoms with Crippen LogP contribution in [0, 0.1) is 17.8 Å². The fraction of sp³-hybridized carbons (Fsp3) is 0.429. The number of methoxy groups -OCH3 is 1. The molecule has 27 heavy (non-hydrogen) atoms. The van der Waals surface area contributed by atoms with Crippen LogP contribution in [0.25, 0.3) is 0 Å². The van der Waals surface area contributed by atoms with Crippen LogP contribution in [0.5, 0.6) is 5.75 Å². The second-order valence-corrected chi connectivity index (χ2v) is 6.81. The number of ether oxygens (including phenoxy) is 2. The lowest BCUT2D eigenvalue weighted by Gasteiger charge is -2.32. The number of allylic oxidation sites excluding steroid dienone is 3. The minimum Gasteiger partial charge on any atom is -0.496 e. The van der Waals surface area contributed by atoms with Crippen LogP contribution in [0.3, 0.4) is 0 Å². The quantitative estimate of drug-likeness (QED) is 0.509. The van der Waals surface area contributed by atoms with Crippen LogP contribution >= 0.6 is 0 Å². The highest BCUT2D eigenvalue weighted by Crippen LogP contribution is 2.36. The van der Waals surface area contributed by atoms with Crippen LogP contribution in [-0.4, -0.2) is 35.9 Å². The number of aliphatic hydroxyl groups excluding tert-OH is 1. The zero-order valence-electron chi connectivity index (χ0n) is 15.7. The molecule has 0 fully saturated rings. The molecule has 0 radical (unpaired) electrons. The first-order valence-corrected chi connectivity index (χ1v) is 8.91. The molecule has 1 aliphatic rings. The van der Waals surface area contributed by atoms with Gasteiger partial charge in [0.05, 0.1) is 7.11 Å². The Morgan fingerprint density at radius 2 is 2.19 bits per heavy atom. The Kier molecular flexibility index (Phi) is 7.19. The van der Waals surface area contributed by atoms with Gasteiger partial charge in [-0.15, -0.1) is 6.58 Å². The fourth-order valence-corrected chi connectivity index (χ4v) is 3.62. The van der Waals surface area contributed by atoms with Crippen molar-refractivity contribution in [2.75, 3.05) is 13.9 Å². The van der Waals surface area contributed by atoms with Crippen molar-refractivity contribution >= 4 is 11.8 Å². The number of ketones is 1. The Labute approximate surface area is 159 Å². The van der Waals surface area contributed by atoms with Gasteiger partial charge in [0.1, 0.15) is 17.1 Å². The highest BCUT2D eigenvalue weighted by Gasteiger charge is 2.33. The maximum Gasteiger partial charge on any atom is 0.339 e. The van der Waals surface area contributed by atoms with E-state index in [4.69, 9.17) is 14.6 Å². The molecule has 146 valence electrons. The Balaban J connectivity index is 2.24. The highest BCUT2D eigenvalue weighted by molar-refractivity contribution is 5.93. The summed E-state index contributed by atoms with van der Waals surface area (Å²) in [6, 6.07) is 5.10. The van der Waals surface area contributed by atoms with Gasteiger partial charge in [-0.3, -0.25) is 4.79 Å². The maximum absolute atomic E-state index is 12.2. The summed E-state index contributed by atoms with van der Waals surface area (Å²) in [7, 11) is 1.44. The number of carboxylic acids is 1. The monoisotopic (exact) mass is 374 g/mol. The molecule has 0 amide bonds. The molecule has 3 unspecified atom stereocenters. The normalized spacial score (nSPS) is 20.6. The van der Waals surface area contributed by atoms with Crippen molar-refractivity contribution in [3.05, 3.63) is 53.8 Å². The summed E-state index contributed by atoms with van der Waals surface area (Å²) < 4.78 is 10.4. The van der Waals surface area contributed by atoms with E-state index < -0.39 is 12.8 Å². The van der Waals surface area contributed by atoms with Gasteiger partial charge < -0.3 is 19.7 Å². The number of carbonyl (C=O) groups excluding carboxylic acids is 1. The smallest absolute Gasteiger partial charge is 0.339 e. The van der Waals surface area contributed by atoms with Gasteiger partial charge >= 0.3 is 5.97 Å². The minimum atomic E-state index is -1.04. The SMILES string of the molecule is C=CCC1CC(C(C)Cc2ccc(OC)c(C(=O)O)c2)C(OCO)=CC1=O. The van der Waals surface area contributed by atoms with Crippen molar-refractivity contribution < 1.29 is 29.3 Å². The maximum atomic E-state index is 12.2. The molecule has 0 aromatic heterocycles. The first-order valence-electron chi connectivity index (χ1n) is 8.91. The molecule has 2 N–H and O–H groups in total. The third-order valence-electron chi connectivity index (χ3n) is 5.01. The summed E-state index contributed by atoms with van der Waals surface area (Å²) in [5, 5.41) is 18.5. The average molecular weight is 374 g/mol. The molecule has 6 heteroatoms. The lowest BCUT2D eigenvalue weighted by atomic mass is 9.75. The van der Waals surface area contributed by atoms with E-state index in [-0.39, 0.29) is 29.1 Å². The Hall–Kier alpha value is -2.60. The van der Waals surface area contributed by atoms with E-state index in [1.807, 2.05) is 13.0 Å². The number of benzene rings is 1. The van der Waals surface area contributed by atoms with Crippen molar-refractivity contribution in [1.29, 1.82) is 0 Å². The topological polar surface area (TPSA) is 93.1 Å². The molecule has 3 atom stereocenters. The van der Waals surface area contributed by atoms with Crippen molar-refractivity contribution in [3.63, 3.8) is 0 Å². The number of rotatable bonds is 9. The molecule has 1 aromatic rings. The summed E-state index contributed by atoms with van der Waals surface area (Å²) in [4.78, 5) is 23.6. The molecule has 6 nitrogen and oxygen atoms in total. The Bertz CT molecular complexity index is 736. The molecule has 2 rings (SSSR count). The molecule has 0 saturated carbocycles. The van der Waals surface area contributed by atoms with E-state index in [0.29, 0.717) is 30.8 Å². The molecule has 0 aliphatic heterocycles.